The van der Waals surface area contributed by atoms with E-state index in [-0.39, 0.29) is 29.7 Å². The highest BCUT2D eigenvalue weighted by molar-refractivity contribution is 6.06. The lowest BCUT2D eigenvalue weighted by atomic mass is 10.00. The number of hydrogen-bond acceptors (Lipinski definition) is 3. The van der Waals surface area contributed by atoms with Crippen molar-refractivity contribution < 1.29 is 14.4 Å². The molecule has 0 radical (unpaired) electrons. The molecular weight excluding hydrogens is 246 g/mol. The molecule has 0 aromatic carbocycles. The first-order valence-electron chi connectivity index (χ1n) is 7.02. The summed E-state index contributed by atoms with van der Waals surface area (Å²) in [5, 5.41) is 5.37. The van der Waals surface area contributed by atoms with Gasteiger partial charge in [-0.05, 0) is 31.1 Å². The van der Waals surface area contributed by atoms with E-state index < -0.39 is 0 Å². The van der Waals surface area contributed by atoms with Gasteiger partial charge in [-0.25, -0.2) is 4.79 Å². The Morgan fingerprint density at radius 1 is 1.05 bits per heavy atom. The highest BCUT2D eigenvalue weighted by Crippen LogP contribution is 2.51. The number of carbonyl (C=O) groups excluding carboxylic acids is 3. The van der Waals surface area contributed by atoms with Crippen molar-refractivity contribution in [3.05, 3.63) is 0 Å². The van der Waals surface area contributed by atoms with Gasteiger partial charge in [-0.3, -0.25) is 14.9 Å². The summed E-state index contributed by atoms with van der Waals surface area (Å²) in [6, 6.07) is 0.183. The molecule has 0 aromatic rings. The number of urea groups is 1. The van der Waals surface area contributed by atoms with Crippen LogP contribution in [0, 0.1) is 23.7 Å². The van der Waals surface area contributed by atoms with Gasteiger partial charge in [0.15, 0.2) is 0 Å². The second kappa shape index (κ2) is 3.71. The summed E-state index contributed by atoms with van der Waals surface area (Å²) < 4.78 is 0. The van der Waals surface area contributed by atoms with Crippen molar-refractivity contribution in [1.82, 2.24) is 15.5 Å². The molecule has 2 saturated heterocycles. The van der Waals surface area contributed by atoms with Crippen LogP contribution in [-0.2, 0) is 9.59 Å². The minimum Gasteiger partial charge on any atom is -0.335 e. The number of fused-ring (bicyclic) bond motifs is 2. The normalized spacial score (nSPS) is 42.9. The average Bonchev–Trinajstić information content (AvgIpc) is 2.78. The minimum absolute atomic E-state index is 0.110. The Kier molecular flexibility index (Phi) is 2.20. The average molecular weight is 263 g/mol. The predicted octanol–water partition coefficient (Wildman–Crippen LogP) is -0.301. The van der Waals surface area contributed by atoms with Gasteiger partial charge in [0.2, 0.25) is 11.8 Å². The second-order valence-electron chi connectivity index (χ2n) is 6.35. The molecule has 0 bridgehead atoms. The minimum atomic E-state index is -0.338. The van der Waals surface area contributed by atoms with Gasteiger partial charge in [0.1, 0.15) is 0 Å². The molecule has 6 nitrogen and oxygen atoms in total. The van der Waals surface area contributed by atoms with Crippen LogP contribution in [0.2, 0.25) is 0 Å². The van der Waals surface area contributed by atoms with Crippen molar-refractivity contribution in [3.8, 4) is 0 Å². The lowest BCUT2D eigenvalue weighted by Gasteiger charge is -2.21. The van der Waals surface area contributed by atoms with Crippen LogP contribution in [0.15, 0.2) is 0 Å². The van der Waals surface area contributed by atoms with Crippen LogP contribution in [0.5, 0.6) is 0 Å². The molecule has 2 N–H and O–H groups in total. The first kappa shape index (κ1) is 11.3. The summed E-state index contributed by atoms with van der Waals surface area (Å²) in [5.74, 6) is 0.525. The van der Waals surface area contributed by atoms with Crippen LogP contribution in [0.1, 0.15) is 19.3 Å². The molecule has 2 aliphatic heterocycles. The maximum Gasteiger partial charge on any atom is 0.317 e. The fourth-order valence-electron chi connectivity index (χ4n) is 3.91. The van der Waals surface area contributed by atoms with E-state index in [9.17, 15) is 14.4 Å². The van der Waals surface area contributed by atoms with Crippen molar-refractivity contribution in [2.24, 2.45) is 23.7 Å². The van der Waals surface area contributed by atoms with Crippen molar-refractivity contribution in [3.63, 3.8) is 0 Å². The third-order valence-corrected chi connectivity index (χ3v) is 5.10. The smallest absolute Gasteiger partial charge is 0.317 e. The molecule has 0 aromatic heterocycles. The van der Waals surface area contributed by atoms with Crippen molar-refractivity contribution in [1.29, 1.82) is 0 Å². The Morgan fingerprint density at radius 2 is 1.63 bits per heavy atom. The number of hydrogen-bond donors (Lipinski definition) is 2. The van der Waals surface area contributed by atoms with E-state index in [1.54, 1.807) is 4.90 Å². The van der Waals surface area contributed by atoms with Gasteiger partial charge >= 0.3 is 6.03 Å². The Labute approximate surface area is 110 Å². The number of nitrogens with one attached hydrogen (secondary N) is 2. The van der Waals surface area contributed by atoms with Crippen LogP contribution >= 0.6 is 0 Å². The molecule has 6 heteroatoms. The molecule has 4 aliphatic rings. The van der Waals surface area contributed by atoms with E-state index in [2.05, 4.69) is 10.6 Å². The highest BCUT2D eigenvalue weighted by Gasteiger charge is 2.50. The number of nitrogens with zero attached hydrogens (tertiary/aromatic N) is 1. The van der Waals surface area contributed by atoms with Crippen LogP contribution in [0.4, 0.5) is 4.79 Å². The maximum absolute atomic E-state index is 12.1. The van der Waals surface area contributed by atoms with Crippen molar-refractivity contribution in [2.75, 3.05) is 13.1 Å². The number of imide groups is 1. The molecule has 4 rings (SSSR count). The van der Waals surface area contributed by atoms with Gasteiger partial charge in [-0.15, -0.1) is 0 Å². The molecule has 4 atom stereocenters. The van der Waals surface area contributed by atoms with E-state index in [0.717, 1.165) is 24.7 Å². The van der Waals surface area contributed by atoms with Crippen molar-refractivity contribution >= 4 is 17.8 Å². The first-order chi connectivity index (χ1) is 9.11. The quantitative estimate of drug-likeness (QED) is 0.637. The van der Waals surface area contributed by atoms with E-state index in [1.165, 1.54) is 6.42 Å². The van der Waals surface area contributed by atoms with Gasteiger partial charge in [-0.1, -0.05) is 0 Å². The third-order valence-electron chi connectivity index (χ3n) is 5.10. The zero-order chi connectivity index (χ0) is 13.1. The fourth-order valence-corrected chi connectivity index (χ4v) is 3.91. The number of rotatable bonds is 1. The van der Waals surface area contributed by atoms with Crippen LogP contribution in [0.3, 0.4) is 0 Å². The number of carbonyl (C=O) groups is 3. The third kappa shape index (κ3) is 1.73. The maximum atomic E-state index is 12.1. The number of amides is 4. The van der Waals surface area contributed by atoms with E-state index in [1.807, 2.05) is 0 Å². The van der Waals surface area contributed by atoms with E-state index in [4.69, 9.17) is 0 Å². The summed E-state index contributed by atoms with van der Waals surface area (Å²) in [5.41, 5.74) is 0. The topological polar surface area (TPSA) is 78.5 Å². The van der Waals surface area contributed by atoms with E-state index in [0.29, 0.717) is 19.1 Å². The monoisotopic (exact) mass is 263 g/mol. The lowest BCUT2D eigenvalue weighted by molar-refractivity contribution is -0.126. The zero-order valence-corrected chi connectivity index (χ0v) is 10.6. The summed E-state index contributed by atoms with van der Waals surface area (Å²) in [7, 11) is 0. The molecule has 2 saturated carbocycles. The van der Waals surface area contributed by atoms with Gasteiger partial charge in [0.05, 0.1) is 11.8 Å². The van der Waals surface area contributed by atoms with Crippen LogP contribution in [-0.4, -0.2) is 41.9 Å². The number of likely N-dealkylation sites (tertiary alicyclic amines) is 1. The Balaban J connectivity index is 1.37. The zero-order valence-electron chi connectivity index (χ0n) is 10.6. The molecule has 2 aliphatic carbocycles. The van der Waals surface area contributed by atoms with Gasteiger partial charge in [0, 0.05) is 19.1 Å². The van der Waals surface area contributed by atoms with Crippen LogP contribution in [0.25, 0.3) is 0 Å². The van der Waals surface area contributed by atoms with E-state index >= 15 is 0 Å². The van der Waals surface area contributed by atoms with Crippen molar-refractivity contribution in [2.45, 2.75) is 25.3 Å². The molecule has 2 heterocycles. The van der Waals surface area contributed by atoms with Gasteiger partial charge in [0.25, 0.3) is 0 Å². The Hall–Kier alpha value is -1.59. The van der Waals surface area contributed by atoms with Crippen LogP contribution < -0.4 is 10.6 Å². The SMILES string of the molecule is O=C1NC(=O)[C@@H]2CN(C(=O)NC3CC4CC4C3)C[C@H]12. The standard InChI is InChI=1S/C13H17N3O3/c17-11-9-4-16(5-10(9)12(18)15-11)13(19)14-8-2-6-1-7(6)3-8/h6-10H,1-5H2,(H,14,19)(H,15,17,18)/t6?,7?,8?,9-,10+. The summed E-state index contributed by atoms with van der Waals surface area (Å²) >= 11 is 0. The molecule has 102 valence electrons. The molecule has 2 unspecified atom stereocenters. The molecule has 4 fully saturated rings. The fraction of sp³-hybridized carbons (Fsp3) is 0.769. The second-order valence-corrected chi connectivity index (χ2v) is 6.35. The first-order valence-corrected chi connectivity index (χ1v) is 7.02. The van der Waals surface area contributed by atoms with Gasteiger partial charge in [-0.2, -0.15) is 0 Å². The summed E-state index contributed by atoms with van der Waals surface area (Å²) in [4.78, 5) is 36.8. The summed E-state index contributed by atoms with van der Waals surface area (Å²) in [6.07, 6.45) is 3.52. The lowest BCUT2D eigenvalue weighted by Crippen LogP contribution is -2.45. The highest BCUT2D eigenvalue weighted by atomic mass is 16.2. The molecule has 4 amide bonds. The summed E-state index contributed by atoms with van der Waals surface area (Å²) in [6.45, 7) is 0.737. The predicted molar refractivity (Wildman–Crippen MR) is 64.9 cm³/mol. The Bertz CT molecular complexity index is 446. The Morgan fingerprint density at radius 3 is 2.21 bits per heavy atom. The molecular formula is C13H17N3O3. The molecule has 19 heavy (non-hydrogen) atoms. The molecule has 0 spiro atoms. The largest absolute Gasteiger partial charge is 0.335 e. The van der Waals surface area contributed by atoms with Gasteiger partial charge < -0.3 is 10.2 Å².